The molecule has 6 rings (SSSR count). The topological polar surface area (TPSA) is 95.4 Å². The maximum Gasteiger partial charge on any atom is 0.190 e. The number of hydrogen-bond acceptors (Lipinski definition) is 10. The van der Waals surface area contributed by atoms with Crippen LogP contribution in [-0.2, 0) is 49.3 Å². The van der Waals surface area contributed by atoms with Crippen molar-refractivity contribution in [1.82, 2.24) is 0 Å². The molecule has 0 N–H and O–H groups in total. The molecule has 0 unspecified atom stereocenters. The summed E-state index contributed by atoms with van der Waals surface area (Å²) in [5, 5.41) is 4.44. The molecule has 4 fully saturated rings. The molecule has 0 bridgehead atoms. The molecule has 0 saturated carbocycles. The molecule has 5 aliphatic rings. The zero-order valence-corrected chi connectivity index (χ0v) is 22.2. The molecule has 0 amide bonds. The maximum absolute atomic E-state index is 6.39. The van der Waals surface area contributed by atoms with Crippen molar-refractivity contribution in [2.24, 2.45) is 5.16 Å². The van der Waals surface area contributed by atoms with Crippen molar-refractivity contribution in [3.63, 3.8) is 0 Å². The summed E-state index contributed by atoms with van der Waals surface area (Å²) in [4.78, 5) is 5.95. The zero-order chi connectivity index (χ0) is 26.0. The lowest BCUT2D eigenvalue weighted by Gasteiger charge is -2.28. The van der Waals surface area contributed by atoms with E-state index in [2.05, 4.69) is 5.16 Å². The van der Waals surface area contributed by atoms with Gasteiger partial charge in [-0.25, -0.2) is 0 Å². The summed E-state index contributed by atoms with van der Waals surface area (Å²) in [7, 11) is 0. The number of fused-ring (bicyclic) bond motifs is 1. The molecule has 37 heavy (non-hydrogen) atoms. The molecule has 1 aromatic carbocycles. The quantitative estimate of drug-likeness (QED) is 0.561. The minimum Gasteiger partial charge on any atom is -0.389 e. The van der Waals surface area contributed by atoms with Gasteiger partial charge < -0.3 is 42.7 Å². The van der Waals surface area contributed by atoms with Gasteiger partial charge in [-0.3, -0.25) is 0 Å². The Morgan fingerprint density at radius 1 is 0.811 bits per heavy atom. The number of benzene rings is 1. The van der Waals surface area contributed by atoms with Gasteiger partial charge >= 0.3 is 0 Å². The highest BCUT2D eigenvalue weighted by Gasteiger charge is 2.59. The Morgan fingerprint density at radius 2 is 1.54 bits per heavy atom. The van der Waals surface area contributed by atoms with Crippen LogP contribution in [0.3, 0.4) is 0 Å². The smallest absolute Gasteiger partial charge is 0.190 e. The van der Waals surface area contributed by atoms with Gasteiger partial charge in [0, 0.05) is 6.42 Å². The van der Waals surface area contributed by atoms with Crippen molar-refractivity contribution < 1.29 is 42.7 Å². The number of nitrogens with zero attached hydrogens (tertiary/aromatic N) is 1. The van der Waals surface area contributed by atoms with Crippen LogP contribution in [-0.4, -0.2) is 78.7 Å². The Morgan fingerprint density at radius 3 is 2.27 bits per heavy atom. The first kappa shape index (κ1) is 25.6. The van der Waals surface area contributed by atoms with Crippen LogP contribution in [0.25, 0.3) is 0 Å². The summed E-state index contributed by atoms with van der Waals surface area (Å²) in [6, 6.07) is 10.0. The van der Waals surface area contributed by atoms with Gasteiger partial charge in [0.05, 0.1) is 18.9 Å². The summed E-state index contributed by atoms with van der Waals surface area (Å²) in [5.74, 6) is -2.21. The fraction of sp³-hybridized carbons (Fsp3) is 0.741. The second-order valence-electron chi connectivity index (χ2n) is 11.6. The fourth-order valence-corrected chi connectivity index (χ4v) is 5.72. The minimum atomic E-state index is -0.790. The van der Waals surface area contributed by atoms with Crippen molar-refractivity contribution in [3.05, 3.63) is 35.9 Å². The van der Waals surface area contributed by atoms with E-state index < -0.39 is 42.0 Å². The van der Waals surface area contributed by atoms with Crippen molar-refractivity contribution in [2.45, 2.75) is 121 Å². The largest absolute Gasteiger partial charge is 0.389 e. The summed E-state index contributed by atoms with van der Waals surface area (Å²) < 4.78 is 49.3. The van der Waals surface area contributed by atoms with Gasteiger partial charge in [0.15, 0.2) is 29.8 Å². The summed E-state index contributed by atoms with van der Waals surface area (Å²) in [6.07, 6.45) is -2.73. The Bertz CT molecular complexity index is 1010. The molecule has 1 aromatic rings. The summed E-state index contributed by atoms with van der Waals surface area (Å²) in [5.41, 5.74) is 1.81. The Labute approximate surface area is 217 Å². The van der Waals surface area contributed by atoms with Crippen molar-refractivity contribution >= 4 is 5.71 Å². The van der Waals surface area contributed by atoms with Gasteiger partial charge in [0.25, 0.3) is 0 Å². The molecule has 0 spiro atoms. The molecule has 5 heterocycles. The molecule has 10 nitrogen and oxygen atoms in total. The third-order valence-electron chi connectivity index (χ3n) is 7.25. The molecule has 0 aromatic heterocycles. The van der Waals surface area contributed by atoms with Crippen LogP contribution in [0.15, 0.2) is 35.5 Å². The SMILES string of the molecule is CC1(C)O[C@H]2O[C@H]([C@H]3CC([C@H]4OC(C)(C)O[C@@H]4[C@H]4COC(C)(C)O4)=NO3)[C@H](OCc3ccccc3)[C@H]2O1. The van der Waals surface area contributed by atoms with Gasteiger partial charge in [-0.05, 0) is 47.1 Å². The number of hydrogen-bond donors (Lipinski definition) is 0. The van der Waals surface area contributed by atoms with E-state index in [-0.39, 0.29) is 24.4 Å². The average molecular weight is 520 g/mol. The van der Waals surface area contributed by atoms with E-state index >= 15 is 0 Å². The van der Waals surface area contributed by atoms with Crippen molar-refractivity contribution in [2.75, 3.05) is 6.61 Å². The van der Waals surface area contributed by atoms with Crippen LogP contribution >= 0.6 is 0 Å². The Kier molecular flexibility index (Phi) is 6.40. The number of oxime groups is 1. The molecular weight excluding hydrogens is 482 g/mol. The maximum atomic E-state index is 6.39. The average Bonchev–Trinajstić information content (AvgIpc) is 3.61. The van der Waals surface area contributed by atoms with Gasteiger partial charge in [0.2, 0.25) is 0 Å². The predicted octanol–water partition coefficient (Wildman–Crippen LogP) is 3.26. The second kappa shape index (κ2) is 9.24. The van der Waals surface area contributed by atoms with Gasteiger partial charge in [-0.1, -0.05) is 35.5 Å². The lowest BCUT2D eigenvalue weighted by Crippen LogP contribution is -2.44. The highest BCUT2D eigenvalue weighted by atomic mass is 16.8. The highest BCUT2D eigenvalue weighted by Crippen LogP contribution is 2.43. The third-order valence-corrected chi connectivity index (χ3v) is 7.25. The van der Waals surface area contributed by atoms with E-state index in [1.165, 1.54) is 0 Å². The van der Waals surface area contributed by atoms with Gasteiger partial charge in [-0.15, -0.1) is 0 Å². The summed E-state index contributed by atoms with van der Waals surface area (Å²) >= 11 is 0. The molecule has 0 aliphatic carbocycles. The lowest BCUT2D eigenvalue weighted by atomic mass is 9.96. The highest BCUT2D eigenvalue weighted by molar-refractivity contribution is 5.90. The second-order valence-corrected chi connectivity index (χ2v) is 11.6. The first-order valence-electron chi connectivity index (χ1n) is 13.1. The Hall–Kier alpha value is -1.63. The molecule has 5 aliphatic heterocycles. The zero-order valence-electron chi connectivity index (χ0n) is 22.2. The standard InChI is InChI=1S/C27H37NO9/c1-25(2)30-14-18(32-25)21-19(33-26(3,4)34-21)16-12-17(37-28-16)20-22(29-13-15-10-8-7-9-11-15)23-24(31-20)36-27(5,6)35-23/h7-11,17-24H,12-14H2,1-6H3/t17-,18-,19-,20-,21-,22+,23-,24-/m1/s1. The van der Waals surface area contributed by atoms with Crippen LogP contribution in [0.2, 0.25) is 0 Å². The van der Waals surface area contributed by atoms with E-state index in [1.54, 1.807) is 0 Å². The van der Waals surface area contributed by atoms with Crippen LogP contribution in [0.4, 0.5) is 0 Å². The summed E-state index contributed by atoms with van der Waals surface area (Å²) in [6.45, 7) is 12.2. The molecule has 10 heteroatoms. The van der Waals surface area contributed by atoms with Crippen LogP contribution in [0, 0.1) is 0 Å². The van der Waals surface area contributed by atoms with E-state index in [4.69, 9.17) is 42.7 Å². The van der Waals surface area contributed by atoms with Gasteiger partial charge in [-0.2, -0.15) is 0 Å². The predicted molar refractivity (Wildman–Crippen MR) is 129 cm³/mol. The van der Waals surface area contributed by atoms with E-state index in [0.29, 0.717) is 19.6 Å². The van der Waals surface area contributed by atoms with Crippen LogP contribution < -0.4 is 0 Å². The third kappa shape index (κ3) is 5.18. The van der Waals surface area contributed by atoms with Crippen molar-refractivity contribution in [1.29, 1.82) is 0 Å². The van der Waals surface area contributed by atoms with Crippen LogP contribution in [0.5, 0.6) is 0 Å². The normalized spacial score (nSPS) is 41.5. The van der Waals surface area contributed by atoms with Gasteiger partial charge in [0.1, 0.15) is 36.6 Å². The van der Waals surface area contributed by atoms with Crippen LogP contribution in [0.1, 0.15) is 53.5 Å². The minimum absolute atomic E-state index is 0.281. The van der Waals surface area contributed by atoms with Crippen molar-refractivity contribution in [3.8, 4) is 0 Å². The fourth-order valence-electron chi connectivity index (χ4n) is 5.72. The monoisotopic (exact) mass is 519 g/mol. The Balaban J connectivity index is 1.16. The molecule has 0 radical (unpaired) electrons. The molecular formula is C27H37NO9. The molecule has 8 atom stereocenters. The van der Waals surface area contributed by atoms with E-state index in [0.717, 1.165) is 11.3 Å². The molecule has 204 valence electrons. The van der Waals surface area contributed by atoms with E-state index in [9.17, 15) is 0 Å². The molecule has 4 saturated heterocycles. The number of rotatable bonds is 6. The van der Waals surface area contributed by atoms with E-state index in [1.807, 2.05) is 71.9 Å². The number of ether oxygens (including phenoxy) is 8. The first-order valence-corrected chi connectivity index (χ1v) is 13.1. The first-order chi connectivity index (χ1) is 17.5. The lowest BCUT2D eigenvalue weighted by molar-refractivity contribution is -0.232.